The zero-order valence-corrected chi connectivity index (χ0v) is 22.8. The highest BCUT2D eigenvalue weighted by Crippen LogP contribution is 2.54. The number of ether oxygens (including phenoxy) is 1. The monoisotopic (exact) mass is 565 g/mol. The maximum atomic E-state index is 13.9. The van der Waals surface area contributed by atoms with Gasteiger partial charge in [0.2, 0.25) is 12.3 Å². The lowest BCUT2D eigenvalue weighted by Crippen LogP contribution is -2.56. The molecule has 0 unspecified atom stereocenters. The zero-order valence-electron chi connectivity index (χ0n) is 22.8. The van der Waals surface area contributed by atoms with Crippen LogP contribution < -0.4 is 4.90 Å². The molecule has 4 aliphatic carbocycles. The number of anilines is 1. The number of carbonyl (C=O) groups excluding carboxylic acids is 1. The summed E-state index contributed by atoms with van der Waals surface area (Å²) in [6, 6.07) is 7.57. The van der Waals surface area contributed by atoms with Crippen LogP contribution in [-0.4, -0.2) is 45.8 Å². The first-order valence-electron chi connectivity index (χ1n) is 14.9. The smallest absolute Gasteiger partial charge is 0.258 e. The third kappa shape index (κ3) is 4.56. The molecule has 0 N–H and O–H groups in total. The highest BCUT2D eigenvalue weighted by Gasteiger charge is 2.55. The molecule has 11 heteroatoms. The Morgan fingerprint density at radius 3 is 2.34 bits per heavy atom. The molecule has 1 amide bonds. The largest absolute Gasteiger partial charge is 0.364 e. The topological polar surface area (TPSA) is 107 Å². The Morgan fingerprint density at radius 2 is 1.68 bits per heavy atom. The molecule has 0 radical (unpaired) electrons. The van der Waals surface area contributed by atoms with Gasteiger partial charge in [-0.1, -0.05) is 16.4 Å². The van der Waals surface area contributed by atoms with Crippen molar-refractivity contribution in [3.8, 4) is 11.5 Å². The molecule has 9 nitrogen and oxygen atoms in total. The van der Waals surface area contributed by atoms with Crippen molar-refractivity contribution in [3.05, 3.63) is 41.8 Å². The van der Waals surface area contributed by atoms with Crippen molar-refractivity contribution in [2.24, 2.45) is 17.3 Å². The van der Waals surface area contributed by atoms with Crippen molar-refractivity contribution in [1.82, 2.24) is 20.3 Å². The van der Waals surface area contributed by atoms with E-state index >= 15 is 0 Å². The van der Waals surface area contributed by atoms with Gasteiger partial charge < -0.3 is 18.7 Å². The molecule has 0 atom stereocenters. The van der Waals surface area contributed by atoms with Gasteiger partial charge >= 0.3 is 0 Å². The molecule has 2 aromatic heterocycles. The standard InChI is InChI=1S/C30H33F2N5O4/c31-23(32)20-12-21(13-20)27(38)37(22-3-1-2-19(14-22)26-33-24(35-40-26)17-4-5-17)15-29-8-10-30(11-9-29,39-16-29)28-34-25(36-41-28)18-6-7-18/h1-3,14,17-18,20-21,23H,4-13,15-16H2. The summed E-state index contributed by atoms with van der Waals surface area (Å²) in [6.45, 7) is 0.922. The summed E-state index contributed by atoms with van der Waals surface area (Å²) in [4.78, 5) is 25.0. The molecule has 2 aliphatic heterocycles. The van der Waals surface area contributed by atoms with Gasteiger partial charge in [-0.05, 0) is 82.4 Å². The Kier molecular flexibility index (Phi) is 5.85. The molecule has 2 saturated heterocycles. The van der Waals surface area contributed by atoms with E-state index in [9.17, 15) is 13.6 Å². The second-order valence-electron chi connectivity index (χ2n) is 13.0. The second kappa shape index (κ2) is 9.40. The number of hydrogen-bond donors (Lipinski definition) is 0. The Morgan fingerprint density at radius 1 is 0.976 bits per heavy atom. The molecule has 6 fully saturated rings. The summed E-state index contributed by atoms with van der Waals surface area (Å²) in [6.07, 6.45) is 5.56. The lowest BCUT2D eigenvalue weighted by atomic mass is 9.65. The number of halogens is 2. The van der Waals surface area contributed by atoms with Crippen molar-refractivity contribution in [2.75, 3.05) is 18.1 Å². The van der Waals surface area contributed by atoms with Crippen LogP contribution in [0.15, 0.2) is 33.3 Å². The van der Waals surface area contributed by atoms with Crippen molar-refractivity contribution in [3.63, 3.8) is 0 Å². The predicted octanol–water partition coefficient (Wildman–Crippen LogP) is 5.98. The van der Waals surface area contributed by atoms with Crippen molar-refractivity contribution in [1.29, 1.82) is 0 Å². The van der Waals surface area contributed by atoms with Gasteiger partial charge in [0.15, 0.2) is 11.6 Å². The molecule has 4 saturated carbocycles. The van der Waals surface area contributed by atoms with Crippen LogP contribution in [0.4, 0.5) is 14.5 Å². The average molecular weight is 566 g/mol. The Labute approximate surface area is 236 Å². The van der Waals surface area contributed by atoms with Gasteiger partial charge in [0.1, 0.15) is 5.60 Å². The fourth-order valence-corrected chi connectivity index (χ4v) is 6.76. The summed E-state index contributed by atoms with van der Waals surface area (Å²) >= 11 is 0. The average Bonchev–Trinajstić information content (AvgIpc) is 3.90. The van der Waals surface area contributed by atoms with Crippen LogP contribution in [0.3, 0.4) is 0 Å². The minimum Gasteiger partial charge on any atom is -0.364 e. The highest BCUT2D eigenvalue weighted by molar-refractivity contribution is 5.96. The summed E-state index contributed by atoms with van der Waals surface area (Å²) in [5, 5.41) is 8.34. The summed E-state index contributed by atoms with van der Waals surface area (Å²) < 4.78 is 44.3. The van der Waals surface area contributed by atoms with Crippen LogP contribution in [0.2, 0.25) is 0 Å². The minimum absolute atomic E-state index is 0.106. The van der Waals surface area contributed by atoms with E-state index in [1.165, 1.54) is 0 Å². The summed E-state index contributed by atoms with van der Waals surface area (Å²) in [5.41, 5.74) is 0.637. The number of carbonyl (C=O) groups is 1. The van der Waals surface area contributed by atoms with E-state index in [0.717, 1.165) is 68.6 Å². The molecule has 1 aromatic carbocycles. The molecule has 216 valence electrons. The number of amides is 1. The fourth-order valence-electron chi connectivity index (χ4n) is 6.76. The van der Waals surface area contributed by atoms with Gasteiger partial charge in [0.05, 0.1) is 6.61 Å². The minimum atomic E-state index is -2.39. The Bertz CT molecular complexity index is 1430. The van der Waals surface area contributed by atoms with E-state index in [2.05, 4.69) is 15.3 Å². The van der Waals surface area contributed by atoms with E-state index in [0.29, 0.717) is 42.5 Å². The van der Waals surface area contributed by atoms with Gasteiger partial charge in [-0.15, -0.1) is 0 Å². The van der Waals surface area contributed by atoms with E-state index in [4.69, 9.17) is 18.8 Å². The zero-order chi connectivity index (χ0) is 27.8. The fraction of sp³-hybridized carbons (Fsp3) is 0.633. The number of benzene rings is 1. The van der Waals surface area contributed by atoms with Crippen LogP contribution in [0, 0.1) is 17.3 Å². The first-order chi connectivity index (χ1) is 19.9. The van der Waals surface area contributed by atoms with Crippen molar-refractivity contribution in [2.45, 2.75) is 88.1 Å². The Balaban J connectivity index is 1.04. The number of rotatable bonds is 9. The van der Waals surface area contributed by atoms with E-state index in [-0.39, 0.29) is 24.2 Å². The second-order valence-corrected chi connectivity index (χ2v) is 13.0. The third-order valence-corrected chi connectivity index (χ3v) is 9.98. The SMILES string of the molecule is O=C(C1CC(C(F)F)C1)N(CC12CCC(c3nc(C4CC4)no3)(CC1)OC2)c1cccc(-c2nc(C3CC3)no2)c1. The molecule has 2 bridgehead atoms. The Hall–Kier alpha value is -3.21. The number of aromatic nitrogens is 4. The van der Waals surface area contributed by atoms with E-state index < -0.39 is 23.9 Å². The molecular weight excluding hydrogens is 532 g/mol. The molecule has 3 aromatic rings. The van der Waals surface area contributed by atoms with Crippen molar-refractivity contribution < 1.29 is 27.4 Å². The summed E-state index contributed by atoms with van der Waals surface area (Å²) in [5.74, 6) is 2.06. The van der Waals surface area contributed by atoms with Gasteiger partial charge in [0, 0.05) is 46.9 Å². The molecule has 4 heterocycles. The number of hydrogen-bond acceptors (Lipinski definition) is 8. The third-order valence-electron chi connectivity index (χ3n) is 9.98. The van der Waals surface area contributed by atoms with Gasteiger partial charge in [-0.2, -0.15) is 9.97 Å². The molecule has 6 aliphatic rings. The summed E-state index contributed by atoms with van der Waals surface area (Å²) in [7, 11) is 0. The van der Waals surface area contributed by atoms with Gasteiger partial charge in [-0.25, -0.2) is 8.78 Å². The molecule has 41 heavy (non-hydrogen) atoms. The van der Waals surface area contributed by atoms with Gasteiger partial charge in [0.25, 0.3) is 11.8 Å². The van der Waals surface area contributed by atoms with Gasteiger partial charge in [-0.3, -0.25) is 4.79 Å². The number of fused-ring (bicyclic) bond motifs is 3. The predicted molar refractivity (Wildman–Crippen MR) is 141 cm³/mol. The first-order valence-corrected chi connectivity index (χ1v) is 14.9. The first kappa shape index (κ1) is 25.5. The molecule has 9 rings (SSSR count). The molecule has 0 spiro atoms. The lowest BCUT2D eigenvalue weighted by molar-refractivity contribution is -0.198. The van der Waals surface area contributed by atoms with Crippen LogP contribution in [0.5, 0.6) is 0 Å². The lowest BCUT2D eigenvalue weighted by Gasteiger charge is -2.53. The van der Waals surface area contributed by atoms with Crippen LogP contribution in [0.25, 0.3) is 11.5 Å². The van der Waals surface area contributed by atoms with Crippen LogP contribution in [0.1, 0.15) is 93.6 Å². The number of nitrogens with zero attached hydrogens (tertiary/aromatic N) is 5. The van der Waals surface area contributed by atoms with Crippen LogP contribution >= 0.6 is 0 Å². The number of alkyl halides is 2. The van der Waals surface area contributed by atoms with Crippen molar-refractivity contribution >= 4 is 11.6 Å². The van der Waals surface area contributed by atoms with E-state index in [1.54, 1.807) is 4.90 Å². The molecular formula is C30H33F2N5O4. The highest BCUT2D eigenvalue weighted by atomic mass is 19.3. The van der Waals surface area contributed by atoms with E-state index in [1.807, 2.05) is 24.3 Å². The maximum Gasteiger partial charge on any atom is 0.258 e. The quantitative estimate of drug-likeness (QED) is 0.312. The maximum absolute atomic E-state index is 13.9. The van der Waals surface area contributed by atoms with Crippen LogP contribution in [-0.2, 0) is 15.1 Å². The normalized spacial score (nSPS) is 30.9.